The second kappa shape index (κ2) is 3.97. The molecule has 0 heterocycles. The summed E-state index contributed by atoms with van der Waals surface area (Å²) < 4.78 is 0. The van der Waals surface area contributed by atoms with Crippen LogP contribution < -0.4 is 5.32 Å². The molecule has 0 aromatic heterocycles. The summed E-state index contributed by atoms with van der Waals surface area (Å²) in [7, 11) is 0. The topological polar surface area (TPSA) is 32.3 Å². The summed E-state index contributed by atoms with van der Waals surface area (Å²) in [5.41, 5.74) is -0.581. The third-order valence-electron chi connectivity index (χ3n) is 2.62. The molecule has 0 aromatic rings. The molecule has 1 rings (SSSR count). The first-order chi connectivity index (χ1) is 5.90. The van der Waals surface area contributed by atoms with Crippen LogP contribution in [0.1, 0.15) is 40.5 Å². The van der Waals surface area contributed by atoms with Crippen molar-refractivity contribution in [2.45, 2.75) is 52.2 Å². The highest BCUT2D eigenvalue weighted by atomic mass is 16.3. The van der Waals surface area contributed by atoms with E-state index >= 15 is 0 Å². The number of aliphatic hydroxyl groups is 1. The summed E-state index contributed by atoms with van der Waals surface area (Å²) in [4.78, 5) is 0. The van der Waals surface area contributed by atoms with Gasteiger partial charge in [0.1, 0.15) is 0 Å². The molecule has 2 heteroatoms. The third-order valence-corrected chi connectivity index (χ3v) is 2.62. The summed E-state index contributed by atoms with van der Waals surface area (Å²) in [6.07, 6.45) is 2.73. The van der Waals surface area contributed by atoms with Gasteiger partial charge in [-0.1, -0.05) is 13.8 Å². The Balaban J connectivity index is 2.30. The van der Waals surface area contributed by atoms with Crippen molar-refractivity contribution >= 4 is 0 Å². The van der Waals surface area contributed by atoms with E-state index < -0.39 is 5.60 Å². The minimum atomic E-state index is -0.581. The van der Waals surface area contributed by atoms with Crippen LogP contribution in [-0.4, -0.2) is 23.3 Å². The molecule has 78 valence electrons. The quantitative estimate of drug-likeness (QED) is 0.684. The summed E-state index contributed by atoms with van der Waals surface area (Å²) in [6, 6.07) is 0.603. The van der Waals surface area contributed by atoms with E-state index in [2.05, 4.69) is 19.2 Å². The number of hydrogen-bond donors (Lipinski definition) is 2. The summed E-state index contributed by atoms with van der Waals surface area (Å²) in [5, 5.41) is 13.1. The lowest BCUT2D eigenvalue weighted by Gasteiger charge is -2.26. The minimum absolute atomic E-state index is 0.581. The van der Waals surface area contributed by atoms with Crippen LogP contribution in [0.4, 0.5) is 0 Å². The van der Waals surface area contributed by atoms with Gasteiger partial charge in [-0.25, -0.2) is 0 Å². The monoisotopic (exact) mass is 185 g/mol. The Labute approximate surface area is 81.7 Å². The zero-order valence-corrected chi connectivity index (χ0v) is 9.30. The Kier molecular flexibility index (Phi) is 3.36. The molecule has 0 spiro atoms. The predicted molar refractivity (Wildman–Crippen MR) is 55.7 cm³/mol. The molecule has 2 N–H and O–H groups in total. The molecule has 1 aliphatic rings. The second-order valence-corrected chi connectivity index (χ2v) is 5.30. The molecule has 1 fully saturated rings. The smallest absolute Gasteiger partial charge is 0.0715 e. The van der Waals surface area contributed by atoms with E-state index in [1.807, 2.05) is 13.8 Å². The van der Waals surface area contributed by atoms with Gasteiger partial charge in [0.2, 0.25) is 0 Å². The van der Waals surface area contributed by atoms with E-state index in [1.165, 1.54) is 12.8 Å². The van der Waals surface area contributed by atoms with E-state index in [0.717, 1.165) is 5.92 Å². The van der Waals surface area contributed by atoms with Crippen molar-refractivity contribution < 1.29 is 5.11 Å². The molecule has 1 atom stereocenters. The molecular weight excluding hydrogens is 162 g/mol. The van der Waals surface area contributed by atoms with Crippen LogP contribution in [0, 0.1) is 11.8 Å². The lowest BCUT2D eigenvalue weighted by Crippen LogP contribution is -2.44. The maximum Gasteiger partial charge on any atom is 0.0715 e. The largest absolute Gasteiger partial charge is 0.389 e. The van der Waals surface area contributed by atoms with Gasteiger partial charge in [0.25, 0.3) is 0 Å². The number of rotatable bonds is 5. The molecule has 0 bridgehead atoms. The highest BCUT2D eigenvalue weighted by Gasteiger charge is 2.33. The predicted octanol–water partition coefficient (Wildman–Crippen LogP) is 1.78. The van der Waals surface area contributed by atoms with Crippen LogP contribution in [0.3, 0.4) is 0 Å². The van der Waals surface area contributed by atoms with Crippen LogP contribution >= 0.6 is 0 Å². The molecule has 13 heavy (non-hydrogen) atoms. The molecule has 1 unspecified atom stereocenters. The number of nitrogens with one attached hydrogen (secondary N) is 1. The lowest BCUT2D eigenvalue weighted by atomic mass is 9.98. The lowest BCUT2D eigenvalue weighted by molar-refractivity contribution is 0.0730. The normalized spacial score (nSPS) is 20.8. The molecule has 0 aromatic carbocycles. The summed E-state index contributed by atoms with van der Waals surface area (Å²) in [5.74, 6) is 1.54. The van der Waals surface area contributed by atoms with E-state index in [4.69, 9.17) is 0 Å². The van der Waals surface area contributed by atoms with Gasteiger partial charge in [0, 0.05) is 12.6 Å². The first-order valence-corrected chi connectivity index (χ1v) is 5.36. The van der Waals surface area contributed by atoms with E-state index in [1.54, 1.807) is 0 Å². The zero-order valence-electron chi connectivity index (χ0n) is 9.30. The zero-order chi connectivity index (χ0) is 10.1. The Bertz CT molecular complexity index is 154. The van der Waals surface area contributed by atoms with E-state index in [-0.39, 0.29) is 0 Å². The van der Waals surface area contributed by atoms with Gasteiger partial charge in [0.05, 0.1) is 5.60 Å². The van der Waals surface area contributed by atoms with Crippen molar-refractivity contribution in [3.63, 3.8) is 0 Å². The van der Waals surface area contributed by atoms with Crippen molar-refractivity contribution in [1.82, 2.24) is 5.32 Å². The fraction of sp³-hybridized carbons (Fsp3) is 1.00. The van der Waals surface area contributed by atoms with Crippen LogP contribution in [0.5, 0.6) is 0 Å². The number of hydrogen-bond acceptors (Lipinski definition) is 2. The highest BCUT2D eigenvalue weighted by Crippen LogP contribution is 2.35. The SMILES string of the molecule is CC(C)C(NCC(C)(C)O)C1CC1. The standard InChI is InChI=1S/C11H23NO/c1-8(2)10(9-5-6-9)12-7-11(3,4)13/h8-10,12-13H,5-7H2,1-4H3. The molecule has 1 saturated carbocycles. The van der Waals surface area contributed by atoms with Gasteiger partial charge >= 0.3 is 0 Å². The van der Waals surface area contributed by atoms with Gasteiger partial charge in [-0.15, -0.1) is 0 Å². The van der Waals surface area contributed by atoms with Crippen LogP contribution in [0.2, 0.25) is 0 Å². The van der Waals surface area contributed by atoms with Crippen molar-refractivity contribution in [2.75, 3.05) is 6.54 Å². The average Bonchev–Trinajstić information content (AvgIpc) is 2.67. The van der Waals surface area contributed by atoms with Crippen molar-refractivity contribution in [3.8, 4) is 0 Å². The molecular formula is C11H23NO. The maximum absolute atomic E-state index is 9.59. The van der Waals surface area contributed by atoms with Crippen LogP contribution in [-0.2, 0) is 0 Å². The Morgan fingerprint density at radius 1 is 1.38 bits per heavy atom. The molecule has 0 aliphatic heterocycles. The Hall–Kier alpha value is -0.0800. The fourth-order valence-corrected chi connectivity index (χ4v) is 1.77. The van der Waals surface area contributed by atoms with Gasteiger partial charge in [0.15, 0.2) is 0 Å². The van der Waals surface area contributed by atoms with Gasteiger partial charge in [-0.2, -0.15) is 0 Å². The van der Waals surface area contributed by atoms with Crippen molar-refractivity contribution in [1.29, 1.82) is 0 Å². The minimum Gasteiger partial charge on any atom is -0.389 e. The highest BCUT2D eigenvalue weighted by molar-refractivity contribution is 4.89. The second-order valence-electron chi connectivity index (χ2n) is 5.30. The van der Waals surface area contributed by atoms with Crippen molar-refractivity contribution in [2.24, 2.45) is 11.8 Å². The average molecular weight is 185 g/mol. The first-order valence-electron chi connectivity index (χ1n) is 5.36. The van der Waals surface area contributed by atoms with Crippen LogP contribution in [0.15, 0.2) is 0 Å². The molecule has 1 aliphatic carbocycles. The van der Waals surface area contributed by atoms with Gasteiger partial charge in [-0.3, -0.25) is 0 Å². The molecule has 2 nitrogen and oxygen atoms in total. The Morgan fingerprint density at radius 3 is 2.23 bits per heavy atom. The van der Waals surface area contributed by atoms with E-state index in [9.17, 15) is 5.11 Å². The molecule has 0 amide bonds. The summed E-state index contributed by atoms with van der Waals surface area (Å²) in [6.45, 7) is 8.90. The third kappa shape index (κ3) is 4.10. The van der Waals surface area contributed by atoms with Gasteiger partial charge < -0.3 is 10.4 Å². The fourth-order valence-electron chi connectivity index (χ4n) is 1.77. The maximum atomic E-state index is 9.59. The summed E-state index contributed by atoms with van der Waals surface area (Å²) >= 11 is 0. The first kappa shape index (κ1) is 11.0. The van der Waals surface area contributed by atoms with Crippen LogP contribution in [0.25, 0.3) is 0 Å². The molecule has 0 radical (unpaired) electrons. The molecule has 0 saturated heterocycles. The van der Waals surface area contributed by atoms with Crippen molar-refractivity contribution in [3.05, 3.63) is 0 Å². The Morgan fingerprint density at radius 2 is 1.92 bits per heavy atom. The van der Waals surface area contributed by atoms with E-state index in [0.29, 0.717) is 18.5 Å². The van der Waals surface area contributed by atoms with Gasteiger partial charge in [-0.05, 0) is 38.5 Å².